The fraction of sp³-hybridized carbons (Fsp3) is 0.314. The van der Waals surface area contributed by atoms with Crippen LogP contribution in [0.5, 0.6) is 11.5 Å². The summed E-state index contributed by atoms with van der Waals surface area (Å²) in [4.78, 5) is 73.3. The van der Waals surface area contributed by atoms with Gasteiger partial charge in [-0.15, -0.1) is 0 Å². The summed E-state index contributed by atoms with van der Waals surface area (Å²) in [5, 5.41) is 3.49. The Hall–Kier alpha value is -5.56. The summed E-state index contributed by atoms with van der Waals surface area (Å²) in [5.74, 6) is -0.152. The summed E-state index contributed by atoms with van der Waals surface area (Å²) in [7, 11) is 8.70. The van der Waals surface area contributed by atoms with E-state index in [4.69, 9.17) is 9.47 Å². The molecule has 0 saturated carbocycles. The van der Waals surface area contributed by atoms with Crippen LogP contribution in [0.4, 0.5) is 5.82 Å². The molecule has 0 aliphatic carbocycles. The van der Waals surface area contributed by atoms with Gasteiger partial charge in [-0.1, -0.05) is 0 Å². The zero-order valence-corrected chi connectivity index (χ0v) is 27.2. The average Bonchev–Trinajstić information content (AvgIpc) is 3.57. The molecule has 246 valence electrons. The average molecular weight is 651 g/mol. The minimum Gasteiger partial charge on any atom is -0.496 e. The molecule has 13 nitrogen and oxygen atoms in total. The van der Waals surface area contributed by atoms with Crippen molar-refractivity contribution in [3.05, 3.63) is 80.9 Å². The molecule has 5 heterocycles. The second-order valence-corrected chi connectivity index (χ2v) is 12.6. The Bertz CT molecular complexity index is 2070. The van der Waals surface area contributed by atoms with Gasteiger partial charge in [0.15, 0.2) is 0 Å². The van der Waals surface area contributed by atoms with Crippen LogP contribution in [0.3, 0.4) is 0 Å². The molecule has 7 rings (SSSR count). The second-order valence-electron chi connectivity index (χ2n) is 12.6. The van der Waals surface area contributed by atoms with Gasteiger partial charge < -0.3 is 18.9 Å². The molecule has 4 aromatic rings. The van der Waals surface area contributed by atoms with Crippen molar-refractivity contribution in [2.75, 3.05) is 33.2 Å². The molecule has 0 radical (unpaired) electrons. The molecule has 1 N–H and O–H groups in total. The number of fused-ring (bicyclic) bond motifs is 3. The molecular formula is C35H34N6O7. The van der Waals surface area contributed by atoms with Crippen LogP contribution in [0, 0.1) is 0 Å². The largest absolute Gasteiger partial charge is 0.496 e. The topological polar surface area (TPSA) is 143 Å². The third-order valence-corrected chi connectivity index (χ3v) is 9.36. The lowest BCUT2D eigenvalue weighted by Crippen LogP contribution is -2.54. The number of nitrogens with one attached hydrogen (secondary N) is 1. The van der Waals surface area contributed by atoms with Gasteiger partial charge in [-0.2, -0.15) is 0 Å². The van der Waals surface area contributed by atoms with Crippen LogP contribution in [0.25, 0.3) is 21.9 Å². The number of carbonyl (C=O) groups is 4. The number of aromatic nitrogens is 2. The predicted molar refractivity (Wildman–Crippen MR) is 176 cm³/mol. The Balaban J connectivity index is 1.18. The molecule has 1 saturated heterocycles. The number of pyridine rings is 2. The van der Waals surface area contributed by atoms with Crippen molar-refractivity contribution in [1.82, 2.24) is 24.7 Å². The number of carbonyl (C=O) groups excluding carboxylic acids is 4. The van der Waals surface area contributed by atoms with Crippen molar-refractivity contribution in [2.45, 2.75) is 38.5 Å². The number of aryl methyl sites for hydroxylation is 1. The predicted octanol–water partition coefficient (Wildman–Crippen LogP) is 2.60. The Morgan fingerprint density at radius 2 is 1.50 bits per heavy atom. The number of ether oxygens (including phenoxy) is 2. The highest BCUT2D eigenvalue weighted by atomic mass is 16.5. The molecule has 0 bridgehead atoms. The van der Waals surface area contributed by atoms with Crippen molar-refractivity contribution >= 4 is 40.2 Å². The summed E-state index contributed by atoms with van der Waals surface area (Å²) < 4.78 is 13.3. The van der Waals surface area contributed by atoms with Gasteiger partial charge >= 0.3 is 0 Å². The van der Waals surface area contributed by atoms with E-state index in [1.807, 2.05) is 37.2 Å². The van der Waals surface area contributed by atoms with Crippen molar-refractivity contribution in [2.24, 2.45) is 7.05 Å². The third kappa shape index (κ3) is 4.98. The molecule has 1 unspecified atom stereocenters. The van der Waals surface area contributed by atoms with Crippen molar-refractivity contribution < 1.29 is 28.7 Å². The van der Waals surface area contributed by atoms with Crippen LogP contribution in [0.2, 0.25) is 0 Å². The lowest BCUT2D eigenvalue weighted by atomic mass is 9.98. The second kappa shape index (κ2) is 11.6. The number of nitrogens with zero attached hydrogens (tertiary/aromatic N) is 5. The van der Waals surface area contributed by atoms with Crippen LogP contribution >= 0.6 is 0 Å². The van der Waals surface area contributed by atoms with Gasteiger partial charge in [-0.25, -0.2) is 4.98 Å². The van der Waals surface area contributed by atoms with Crippen molar-refractivity contribution in [3.8, 4) is 22.6 Å². The van der Waals surface area contributed by atoms with E-state index in [0.717, 1.165) is 43.9 Å². The number of hydrogen-bond donors (Lipinski definition) is 1. The van der Waals surface area contributed by atoms with Gasteiger partial charge in [-0.05, 0) is 53.4 Å². The zero-order valence-electron chi connectivity index (χ0n) is 27.2. The number of piperidine rings is 1. The zero-order chi connectivity index (χ0) is 34.0. The standard InChI is InChI=1S/C35H34N6O7/c1-38(2)30-12-21-24(13-36-30)33(44)39(3)16-25(21)18-10-28(47-4)26(29(11-18)48-5)17-40-14-19-8-22-23(9-20(19)15-40)35(46)41(34(22)45)27-6-7-31(42)37-32(27)43/h8-13,16,27H,6-7,14-15,17H2,1-5H3,(H,37,42,43). The number of rotatable bonds is 7. The summed E-state index contributed by atoms with van der Waals surface area (Å²) in [6, 6.07) is 8.26. The van der Waals surface area contributed by atoms with Crippen LogP contribution < -0.4 is 25.2 Å². The van der Waals surface area contributed by atoms with E-state index in [0.29, 0.717) is 36.5 Å². The SMILES string of the molecule is COc1cc(-c2cn(C)c(=O)c3cnc(N(C)C)cc23)cc(OC)c1CN1Cc2cc3c(cc2C1)C(=O)N(C1CCC(=O)NC1=O)C3=O. The van der Waals surface area contributed by atoms with Gasteiger partial charge in [-0.3, -0.25) is 39.1 Å². The first-order valence-electron chi connectivity index (χ1n) is 15.5. The Morgan fingerprint density at radius 3 is 2.06 bits per heavy atom. The highest BCUT2D eigenvalue weighted by molar-refractivity contribution is 6.23. The van der Waals surface area contributed by atoms with Gasteiger partial charge in [0.05, 0.1) is 36.3 Å². The van der Waals surface area contributed by atoms with Gasteiger partial charge in [0, 0.05) is 70.5 Å². The summed E-state index contributed by atoms with van der Waals surface area (Å²) in [6.07, 6.45) is 3.59. The van der Waals surface area contributed by atoms with E-state index >= 15 is 0 Å². The van der Waals surface area contributed by atoms with Crippen LogP contribution in [0.15, 0.2) is 47.5 Å². The van der Waals surface area contributed by atoms with E-state index in [-0.39, 0.29) is 29.5 Å². The van der Waals surface area contributed by atoms with E-state index < -0.39 is 29.7 Å². The molecule has 1 fully saturated rings. The first-order valence-corrected chi connectivity index (χ1v) is 15.5. The fourth-order valence-corrected chi connectivity index (χ4v) is 6.89. The Morgan fingerprint density at radius 1 is 0.875 bits per heavy atom. The fourth-order valence-electron chi connectivity index (χ4n) is 6.89. The number of anilines is 1. The van der Waals surface area contributed by atoms with Crippen LogP contribution in [-0.4, -0.2) is 77.3 Å². The Labute approximate surface area is 275 Å². The molecule has 3 aliphatic rings. The smallest absolute Gasteiger partial charge is 0.262 e. The summed E-state index contributed by atoms with van der Waals surface area (Å²) in [6.45, 7) is 1.49. The van der Waals surface area contributed by atoms with Gasteiger partial charge in [0.1, 0.15) is 23.4 Å². The number of imide groups is 2. The Kier molecular flexibility index (Phi) is 7.51. The van der Waals surface area contributed by atoms with Crippen molar-refractivity contribution in [1.29, 1.82) is 0 Å². The van der Waals surface area contributed by atoms with E-state index in [1.165, 1.54) is 0 Å². The molecule has 13 heteroatoms. The maximum atomic E-state index is 13.4. The molecule has 0 spiro atoms. The molecule has 3 aliphatic heterocycles. The first kappa shape index (κ1) is 31.1. The highest BCUT2D eigenvalue weighted by Gasteiger charge is 2.45. The summed E-state index contributed by atoms with van der Waals surface area (Å²) >= 11 is 0. The number of benzene rings is 2. The molecule has 2 aromatic carbocycles. The minimum atomic E-state index is -1.00. The number of amides is 4. The number of hydrogen-bond acceptors (Lipinski definition) is 10. The maximum absolute atomic E-state index is 13.4. The van der Waals surface area contributed by atoms with E-state index in [2.05, 4.69) is 15.2 Å². The molecule has 4 amide bonds. The number of methoxy groups -OCH3 is 2. The van der Waals surface area contributed by atoms with Crippen molar-refractivity contribution in [3.63, 3.8) is 0 Å². The monoisotopic (exact) mass is 650 g/mol. The third-order valence-electron chi connectivity index (χ3n) is 9.36. The maximum Gasteiger partial charge on any atom is 0.262 e. The van der Waals surface area contributed by atoms with Gasteiger partial charge in [0.2, 0.25) is 11.8 Å². The highest BCUT2D eigenvalue weighted by Crippen LogP contribution is 2.40. The summed E-state index contributed by atoms with van der Waals surface area (Å²) in [5.41, 5.74) is 4.67. The molecule has 2 aromatic heterocycles. The first-order chi connectivity index (χ1) is 23.0. The minimum absolute atomic E-state index is 0.0691. The van der Waals surface area contributed by atoms with E-state index in [9.17, 15) is 24.0 Å². The molecular weight excluding hydrogens is 616 g/mol. The lowest BCUT2D eigenvalue weighted by molar-refractivity contribution is -0.136. The lowest BCUT2D eigenvalue weighted by Gasteiger charge is -2.27. The normalized spacial score (nSPS) is 17.5. The molecule has 1 atom stereocenters. The van der Waals surface area contributed by atoms with E-state index in [1.54, 1.807) is 50.4 Å². The van der Waals surface area contributed by atoms with Crippen LogP contribution in [-0.2, 0) is 36.3 Å². The quantitative estimate of drug-likeness (QED) is 0.297. The van der Waals surface area contributed by atoms with Gasteiger partial charge in [0.25, 0.3) is 17.4 Å². The van der Waals surface area contributed by atoms with Crippen LogP contribution in [0.1, 0.15) is 50.2 Å². The molecule has 48 heavy (non-hydrogen) atoms.